The van der Waals surface area contributed by atoms with Crippen molar-refractivity contribution in [2.45, 2.75) is 25.8 Å². The molecule has 1 aromatic rings. The van der Waals surface area contributed by atoms with Crippen LogP contribution < -0.4 is 11.1 Å². The lowest BCUT2D eigenvalue weighted by atomic mass is 10.2. The second-order valence-electron chi connectivity index (χ2n) is 4.34. The normalized spacial score (nSPS) is 22.3. The van der Waals surface area contributed by atoms with Crippen LogP contribution in [0.4, 0.5) is 5.69 Å². The van der Waals surface area contributed by atoms with E-state index in [-0.39, 0.29) is 5.91 Å². The molecule has 1 amide bonds. The van der Waals surface area contributed by atoms with E-state index in [2.05, 4.69) is 12.2 Å². The van der Waals surface area contributed by atoms with Gasteiger partial charge in [-0.3, -0.25) is 4.79 Å². The van der Waals surface area contributed by atoms with E-state index >= 15 is 0 Å². The van der Waals surface area contributed by atoms with Crippen LogP contribution in [-0.4, -0.2) is 11.9 Å². The minimum atomic E-state index is -0.144. The van der Waals surface area contributed by atoms with Crippen molar-refractivity contribution in [3.8, 4) is 0 Å². The lowest BCUT2D eigenvalue weighted by Gasteiger charge is -2.07. The second-order valence-corrected chi connectivity index (χ2v) is 5.15. The summed E-state index contributed by atoms with van der Waals surface area (Å²) in [6.07, 6.45) is 2.15. The van der Waals surface area contributed by atoms with Crippen molar-refractivity contribution in [1.82, 2.24) is 5.32 Å². The van der Waals surface area contributed by atoms with Crippen LogP contribution in [0, 0.1) is 5.92 Å². The molecule has 1 fully saturated rings. The first-order valence-corrected chi connectivity index (χ1v) is 6.34. The molecule has 2 atom stereocenters. The third-order valence-corrected chi connectivity index (χ3v) is 3.73. The zero-order valence-electron chi connectivity index (χ0n) is 9.47. The standard InChI is InChI=1S/C12H14Cl2N2O/c1-2-6-5-10(6)16-12(17)7-3-8(13)11(15)9(14)4-7/h3-4,6,10H,2,5,15H2,1H3,(H,16,17). The van der Waals surface area contributed by atoms with Crippen LogP contribution in [0.3, 0.4) is 0 Å². The fourth-order valence-electron chi connectivity index (χ4n) is 1.84. The zero-order valence-corrected chi connectivity index (χ0v) is 11.0. The number of carbonyl (C=O) groups is 1. The van der Waals surface area contributed by atoms with Crippen LogP contribution >= 0.6 is 23.2 Å². The van der Waals surface area contributed by atoms with Crippen LogP contribution in [0.1, 0.15) is 30.1 Å². The minimum absolute atomic E-state index is 0.144. The van der Waals surface area contributed by atoms with Gasteiger partial charge in [0.2, 0.25) is 0 Å². The van der Waals surface area contributed by atoms with Gasteiger partial charge in [-0.05, 0) is 24.5 Å². The van der Waals surface area contributed by atoms with E-state index in [1.54, 1.807) is 12.1 Å². The van der Waals surface area contributed by atoms with Crippen LogP contribution in [-0.2, 0) is 0 Å². The Bertz CT molecular complexity index is 439. The SMILES string of the molecule is CCC1CC1NC(=O)c1cc(Cl)c(N)c(Cl)c1. The van der Waals surface area contributed by atoms with Gasteiger partial charge in [0, 0.05) is 11.6 Å². The molecule has 0 saturated heterocycles. The Morgan fingerprint density at radius 2 is 2.06 bits per heavy atom. The average Bonchev–Trinajstić information content (AvgIpc) is 3.03. The van der Waals surface area contributed by atoms with Gasteiger partial charge >= 0.3 is 0 Å². The molecule has 1 aliphatic carbocycles. The highest BCUT2D eigenvalue weighted by atomic mass is 35.5. The number of benzene rings is 1. The van der Waals surface area contributed by atoms with Crippen LogP contribution in [0.15, 0.2) is 12.1 Å². The van der Waals surface area contributed by atoms with Gasteiger partial charge in [0.25, 0.3) is 5.91 Å². The van der Waals surface area contributed by atoms with Crippen molar-refractivity contribution in [3.05, 3.63) is 27.7 Å². The quantitative estimate of drug-likeness (QED) is 0.831. The number of hydrogen-bond donors (Lipinski definition) is 2. The van der Waals surface area contributed by atoms with Gasteiger partial charge in [0.15, 0.2) is 0 Å². The Kier molecular flexibility index (Phi) is 3.50. The maximum absolute atomic E-state index is 11.9. The highest BCUT2D eigenvalue weighted by Crippen LogP contribution is 2.34. The number of nitrogens with two attached hydrogens (primary N) is 1. The number of hydrogen-bond acceptors (Lipinski definition) is 2. The molecule has 2 rings (SSSR count). The van der Waals surface area contributed by atoms with Crippen LogP contribution in [0.5, 0.6) is 0 Å². The molecule has 1 aliphatic rings. The monoisotopic (exact) mass is 272 g/mol. The van der Waals surface area contributed by atoms with Gasteiger partial charge in [-0.15, -0.1) is 0 Å². The fourth-order valence-corrected chi connectivity index (χ4v) is 2.33. The molecule has 3 N–H and O–H groups in total. The third-order valence-electron chi connectivity index (χ3n) is 3.10. The summed E-state index contributed by atoms with van der Waals surface area (Å²) in [6.45, 7) is 2.12. The highest BCUT2D eigenvalue weighted by Gasteiger charge is 2.36. The molecule has 0 spiro atoms. The van der Waals surface area contributed by atoms with Gasteiger partial charge in [-0.2, -0.15) is 0 Å². The number of nitrogen functional groups attached to an aromatic ring is 1. The van der Waals surface area contributed by atoms with Gasteiger partial charge in [-0.25, -0.2) is 0 Å². The lowest BCUT2D eigenvalue weighted by Crippen LogP contribution is -2.26. The molecular formula is C12H14Cl2N2O. The predicted octanol–water partition coefficient (Wildman–Crippen LogP) is 3.10. The van der Waals surface area contributed by atoms with Gasteiger partial charge < -0.3 is 11.1 Å². The van der Waals surface area contributed by atoms with Gasteiger partial charge in [0.1, 0.15) is 0 Å². The summed E-state index contributed by atoms with van der Waals surface area (Å²) in [7, 11) is 0. The Morgan fingerprint density at radius 3 is 2.53 bits per heavy atom. The Hall–Kier alpha value is -0.930. The molecule has 92 valence electrons. The van der Waals surface area contributed by atoms with Gasteiger partial charge in [0.05, 0.1) is 15.7 Å². The van der Waals surface area contributed by atoms with Crippen molar-refractivity contribution in [3.63, 3.8) is 0 Å². The Labute approximate surface area is 110 Å². The summed E-state index contributed by atoms with van der Waals surface area (Å²) in [5, 5.41) is 3.57. The van der Waals surface area contributed by atoms with Crippen LogP contribution in [0.25, 0.3) is 0 Å². The molecule has 0 aromatic heterocycles. The van der Waals surface area contributed by atoms with Crippen molar-refractivity contribution >= 4 is 34.8 Å². The number of nitrogens with one attached hydrogen (secondary N) is 1. The third kappa shape index (κ3) is 2.67. The summed E-state index contributed by atoms with van der Waals surface area (Å²) >= 11 is 11.8. The molecule has 2 unspecified atom stereocenters. The Morgan fingerprint density at radius 1 is 1.47 bits per heavy atom. The Balaban J connectivity index is 2.09. The van der Waals surface area contributed by atoms with E-state index in [1.165, 1.54) is 0 Å². The topological polar surface area (TPSA) is 55.1 Å². The second kappa shape index (κ2) is 4.75. The average molecular weight is 273 g/mol. The molecule has 3 nitrogen and oxygen atoms in total. The van der Waals surface area contributed by atoms with Gasteiger partial charge in [-0.1, -0.05) is 36.5 Å². The van der Waals surface area contributed by atoms with E-state index in [1.807, 2.05) is 0 Å². The largest absolute Gasteiger partial charge is 0.396 e. The molecular weight excluding hydrogens is 259 g/mol. The first-order chi connectivity index (χ1) is 8.02. The van der Waals surface area contributed by atoms with E-state index in [4.69, 9.17) is 28.9 Å². The molecule has 0 radical (unpaired) electrons. The summed E-state index contributed by atoms with van der Waals surface area (Å²) in [6, 6.07) is 3.38. The van der Waals surface area contributed by atoms with E-state index < -0.39 is 0 Å². The number of halogens is 2. The first kappa shape index (κ1) is 12.5. The highest BCUT2D eigenvalue weighted by molar-refractivity contribution is 6.39. The van der Waals surface area contributed by atoms with E-state index in [9.17, 15) is 4.79 Å². The van der Waals surface area contributed by atoms with E-state index in [0.29, 0.717) is 33.3 Å². The van der Waals surface area contributed by atoms with E-state index in [0.717, 1.165) is 12.8 Å². The fraction of sp³-hybridized carbons (Fsp3) is 0.417. The smallest absolute Gasteiger partial charge is 0.251 e. The summed E-state index contributed by atoms with van der Waals surface area (Å²) < 4.78 is 0. The zero-order chi connectivity index (χ0) is 12.6. The van der Waals surface area contributed by atoms with Crippen molar-refractivity contribution in [2.75, 3.05) is 5.73 Å². The molecule has 5 heteroatoms. The predicted molar refractivity (Wildman–Crippen MR) is 70.5 cm³/mol. The molecule has 17 heavy (non-hydrogen) atoms. The molecule has 0 bridgehead atoms. The van der Waals surface area contributed by atoms with Crippen molar-refractivity contribution < 1.29 is 4.79 Å². The summed E-state index contributed by atoms with van der Waals surface area (Å²) in [5.41, 5.74) is 6.38. The molecule has 0 aliphatic heterocycles. The molecule has 1 saturated carbocycles. The number of rotatable bonds is 3. The summed E-state index contributed by atoms with van der Waals surface area (Å²) in [5.74, 6) is 0.466. The van der Waals surface area contributed by atoms with Crippen molar-refractivity contribution in [1.29, 1.82) is 0 Å². The maximum Gasteiger partial charge on any atom is 0.251 e. The lowest BCUT2D eigenvalue weighted by molar-refractivity contribution is 0.0949. The molecule has 1 aromatic carbocycles. The maximum atomic E-state index is 11.9. The minimum Gasteiger partial charge on any atom is -0.396 e. The number of amides is 1. The van der Waals surface area contributed by atoms with Crippen LogP contribution in [0.2, 0.25) is 10.0 Å². The number of anilines is 1. The first-order valence-electron chi connectivity index (χ1n) is 5.58. The molecule has 0 heterocycles. The summed E-state index contributed by atoms with van der Waals surface area (Å²) in [4.78, 5) is 11.9. The number of carbonyl (C=O) groups excluding carboxylic acids is 1. The van der Waals surface area contributed by atoms with Crippen molar-refractivity contribution in [2.24, 2.45) is 5.92 Å².